The van der Waals surface area contributed by atoms with Crippen LogP contribution in [-0.2, 0) is 9.59 Å². The smallest absolute Gasteiger partial charge is 0.227 e. The average Bonchev–Trinajstić information content (AvgIpc) is 3.20. The van der Waals surface area contributed by atoms with Gasteiger partial charge in [-0.1, -0.05) is 42.9 Å². The van der Waals surface area contributed by atoms with Gasteiger partial charge in [0.1, 0.15) is 5.01 Å². The molecule has 1 aliphatic rings. The summed E-state index contributed by atoms with van der Waals surface area (Å²) in [5.41, 5.74) is 0.905. The molecule has 6 nitrogen and oxygen atoms in total. The summed E-state index contributed by atoms with van der Waals surface area (Å²) >= 11 is 1.36. The van der Waals surface area contributed by atoms with E-state index >= 15 is 0 Å². The van der Waals surface area contributed by atoms with Crippen molar-refractivity contribution in [2.24, 2.45) is 0 Å². The number of unbranched alkanes of at least 4 members (excludes halogenated alkanes) is 1. The molecule has 7 heteroatoms. The lowest BCUT2D eigenvalue weighted by atomic mass is 10.1. The molecule has 126 valence electrons. The molecule has 3 rings (SSSR count). The maximum absolute atomic E-state index is 12.3. The van der Waals surface area contributed by atoms with Gasteiger partial charge in [0.15, 0.2) is 0 Å². The lowest BCUT2D eigenvalue weighted by Crippen LogP contribution is -2.24. The van der Waals surface area contributed by atoms with Crippen molar-refractivity contribution < 1.29 is 9.59 Å². The summed E-state index contributed by atoms with van der Waals surface area (Å²) in [5, 5.41) is 12.3. The number of benzene rings is 1. The quantitative estimate of drug-likeness (QED) is 0.873. The molecule has 0 aliphatic carbocycles. The van der Waals surface area contributed by atoms with Gasteiger partial charge < -0.3 is 10.2 Å². The van der Waals surface area contributed by atoms with E-state index in [1.807, 2.05) is 37.3 Å². The number of anilines is 2. The number of carbonyl (C=O) groups is 2. The molecule has 0 radical (unpaired) electrons. The number of rotatable bonds is 6. The molecule has 0 bridgehead atoms. The maximum atomic E-state index is 12.3. The topological polar surface area (TPSA) is 75.2 Å². The Morgan fingerprint density at radius 2 is 2.12 bits per heavy atom. The van der Waals surface area contributed by atoms with Crippen molar-refractivity contribution >= 4 is 34.0 Å². The van der Waals surface area contributed by atoms with Crippen LogP contribution in [0, 0.1) is 0 Å². The Balaban J connectivity index is 1.64. The first-order valence-corrected chi connectivity index (χ1v) is 8.97. The van der Waals surface area contributed by atoms with E-state index in [0.29, 0.717) is 24.5 Å². The van der Waals surface area contributed by atoms with Crippen LogP contribution in [0.5, 0.6) is 0 Å². The minimum Gasteiger partial charge on any atom is -0.312 e. The predicted molar refractivity (Wildman–Crippen MR) is 94.2 cm³/mol. The van der Waals surface area contributed by atoms with E-state index in [0.717, 1.165) is 23.5 Å². The number of nitrogens with zero attached hydrogens (tertiary/aromatic N) is 3. The van der Waals surface area contributed by atoms with Crippen molar-refractivity contribution in [2.75, 3.05) is 16.8 Å². The van der Waals surface area contributed by atoms with Crippen LogP contribution in [-0.4, -0.2) is 28.6 Å². The lowest BCUT2D eigenvalue weighted by Gasteiger charge is -2.15. The first kappa shape index (κ1) is 16.6. The van der Waals surface area contributed by atoms with Crippen LogP contribution in [0.25, 0.3) is 0 Å². The summed E-state index contributed by atoms with van der Waals surface area (Å²) in [4.78, 5) is 25.8. The largest absolute Gasteiger partial charge is 0.312 e. The van der Waals surface area contributed by atoms with Crippen molar-refractivity contribution in [2.45, 2.75) is 38.5 Å². The molecule has 1 unspecified atom stereocenters. The Morgan fingerprint density at radius 3 is 2.88 bits per heavy atom. The summed E-state index contributed by atoms with van der Waals surface area (Å²) in [7, 11) is 0. The van der Waals surface area contributed by atoms with E-state index in [2.05, 4.69) is 15.5 Å². The fourth-order valence-electron chi connectivity index (χ4n) is 2.70. The summed E-state index contributed by atoms with van der Waals surface area (Å²) in [6.07, 6.45) is 2.76. The van der Waals surface area contributed by atoms with Crippen LogP contribution in [0.1, 0.15) is 43.5 Å². The second-order valence-electron chi connectivity index (χ2n) is 5.84. The van der Waals surface area contributed by atoms with E-state index in [1.54, 1.807) is 4.90 Å². The van der Waals surface area contributed by atoms with Gasteiger partial charge in [-0.2, -0.15) is 0 Å². The van der Waals surface area contributed by atoms with Crippen molar-refractivity contribution in [1.29, 1.82) is 0 Å². The molecule has 1 saturated heterocycles. The average molecular weight is 344 g/mol. The maximum Gasteiger partial charge on any atom is 0.227 e. The molecule has 1 aromatic heterocycles. The van der Waals surface area contributed by atoms with E-state index in [-0.39, 0.29) is 17.7 Å². The second kappa shape index (κ2) is 7.53. The monoisotopic (exact) mass is 344 g/mol. The third-order valence-electron chi connectivity index (χ3n) is 3.99. The SMILES string of the molecule is CCCCC(=O)Nc1nnc(C2CC(=O)N(c3ccccc3)C2)s1. The number of nitrogens with one attached hydrogen (secondary N) is 1. The highest BCUT2D eigenvalue weighted by Crippen LogP contribution is 2.34. The molecule has 1 aromatic carbocycles. The molecule has 2 aromatic rings. The highest BCUT2D eigenvalue weighted by molar-refractivity contribution is 7.15. The number of aromatic nitrogens is 2. The van der Waals surface area contributed by atoms with Gasteiger partial charge in [0.25, 0.3) is 0 Å². The molecule has 1 fully saturated rings. The van der Waals surface area contributed by atoms with E-state index in [9.17, 15) is 9.59 Å². The lowest BCUT2D eigenvalue weighted by molar-refractivity contribution is -0.117. The zero-order valence-corrected chi connectivity index (χ0v) is 14.4. The van der Waals surface area contributed by atoms with Gasteiger partial charge in [-0.25, -0.2) is 0 Å². The Bertz CT molecular complexity index is 716. The molecule has 2 amide bonds. The van der Waals surface area contributed by atoms with E-state index in [4.69, 9.17) is 0 Å². The number of hydrogen-bond donors (Lipinski definition) is 1. The molecule has 24 heavy (non-hydrogen) atoms. The van der Waals surface area contributed by atoms with Crippen LogP contribution in [0.3, 0.4) is 0 Å². The molecule has 0 spiro atoms. The second-order valence-corrected chi connectivity index (χ2v) is 6.85. The van der Waals surface area contributed by atoms with Crippen molar-refractivity contribution in [3.8, 4) is 0 Å². The molecular formula is C17H20N4O2S. The Labute approximate surface area is 144 Å². The van der Waals surface area contributed by atoms with E-state index < -0.39 is 0 Å². The zero-order valence-electron chi connectivity index (χ0n) is 13.6. The minimum absolute atomic E-state index is 0.0245. The summed E-state index contributed by atoms with van der Waals surface area (Å²) in [6.45, 7) is 2.65. The van der Waals surface area contributed by atoms with Crippen LogP contribution in [0.4, 0.5) is 10.8 Å². The number of para-hydroxylation sites is 1. The van der Waals surface area contributed by atoms with Crippen molar-refractivity contribution in [3.05, 3.63) is 35.3 Å². The third kappa shape index (κ3) is 3.79. The standard InChI is InChI=1S/C17H20N4O2S/c1-2-3-9-14(22)18-17-20-19-16(24-17)12-10-15(23)21(11-12)13-7-5-4-6-8-13/h4-8,12H,2-3,9-11H2,1H3,(H,18,20,22). The van der Waals surface area contributed by atoms with Crippen LogP contribution < -0.4 is 10.2 Å². The van der Waals surface area contributed by atoms with Gasteiger partial charge >= 0.3 is 0 Å². The Morgan fingerprint density at radius 1 is 1.33 bits per heavy atom. The molecule has 1 N–H and O–H groups in total. The van der Waals surface area contributed by atoms with Gasteiger partial charge in [-0.05, 0) is 18.6 Å². The minimum atomic E-state index is -0.0343. The van der Waals surface area contributed by atoms with Gasteiger partial charge in [-0.3, -0.25) is 9.59 Å². The van der Waals surface area contributed by atoms with Gasteiger partial charge in [0, 0.05) is 31.0 Å². The fraction of sp³-hybridized carbons (Fsp3) is 0.412. The van der Waals surface area contributed by atoms with Crippen LogP contribution in [0.2, 0.25) is 0 Å². The number of hydrogen-bond acceptors (Lipinski definition) is 5. The molecule has 2 heterocycles. The Hall–Kier alpha value is -2.28. The summed E-state index contributed by atoms with van der Waals surface area (Å²) < 4.78 is 0. The fourth-order valence-corrected chi connectivity index (χ4v) is 3.55. The summed E-state index contributed by atoms with van der Waals surface area (Å²) in [6, 6.07) is 9.63. The van der Waals surface area contributed by atoms with Crippen LogP contribution in [0.15, 0.2) is 30.3 Å². The molecule has 1 atom stereocenters. The predicted octanol–water partition coefficient (Wildman–Crippen LogP) is 3.19. The highest BCUT2D eigenvalue weighted by Gasteiger charge is 2.33. The van der Waals surface area contributed by atoms with Crippen LogP contribution >= 0.6 is 11.3 Å². The first-order chi connectivity index (χ1) is 11.7. The number of amides is 2. The zero-order chi connectivity index (χ0) is 16.9. The van der Waals surface area contributed by atoms with Crippen molar-refractivity contribution in [1.82, 2.24) is 10.2 Å². The first-order valence-electron chi connectivity index (χ1n) is 8.16. The summed E-state index contributed by atoms with van der Waals surface area (Å²) in [5.74, 6) is 0.0828. The van der Waals surface area contributed by atoms with Gasteiger partial charge in [0.2, 0.25) is 16.9 Å². The Kier molecular flexibility index (Phi) is 5.20. The third-order valence-corrected chi connectivity index (χ3v) is 4.99. The van der Waals surface area contributed by atoms with E-state index in [1.165, 1.54) is 11.3 Å². The van der Waals surface area contributed by atoms with Crippen molar-refractivity contribution in [3.63, 3.8) is 0 Å². The van der Waals surface area contributed by atoms with Gasteiger partial charge in [-0.15, -0.1) is 10.2 Å². The molecule has 0 saturated carbocycles. The molecular weight excluding hydrogens is 324 g/mol. The van der Waals surface area contributed by atoms with Gasteiger partial charge in [0.05, 0.1) is 0 Å². The normalized spacial score (nSPS) is 17.3. The molecule has 1 aliphatic heterocycles. The highest BCUT2D eigenvalue weighted by atomic mass is 32.1. The number of carbonyl (C=O) groups excluding carboxylic acids is 2.